The van der Waals surface area contributed by atoms with Crippen LogP contribution in [0.3, 0.4) is 0 Å². The molecule has 0 aliphatic carbocycles. The Morgan fingerprint density at radius 2 is 0.842 bits per heavy atom. The Bertz CT molecular complexity index is 3340. The van der Waals surface area contributed by atoms with Crippen molar-refractivity contribution >= 4 is 69.5 Å². The molecule has 57 heavy (non-hydrogen) atoms. The summed E-state index contributed by atoms with van der Waals surface area (Å²) < 4.78 is 2.44. The van der Waals surface area contributed by atoms with Gasteiger partial charge in [0.15, 0.2) is 5.69 Å². The summed E-state index contributed by atoms with van der Waals surface area (Å²) in [6.07, 6.45) is 3.70. The molecule has 3 heterocycles. The highest BCUT2D eigenvalue weighted by atomic mass is 32.1. The van der Waals surface area contributed by atoms with Crippen LogP contribution in [0.15, 0.2) is 188 Å². The van der Waals surface area contributed by atoms with Gasteiger partial charge in [0.05, 0.1) is 18.0 Å². The van der Waals surface area contributed by atoms with Crippen molar-refractivity contribution in [3.05, 3.63) is 200 Å². The Balaban J connectivity index is 1.07. The normalized spacial score (nSPS) is 11.5. The third-order valence-electron chi connectivity index (χ3n) is 11.2. The molecule has 0 atom stereocenters. The summed E-state index contributed by atoms with van der Waals surface area (Å²) in [4.78, 5) is 13.1. The number of thiophene rings is 1. The van der Waals surface area contributed by atoms with Crippen LogP contribution in [0, 0.1) is 6.57 Å². The smallest absolute Gasteiger partial charge is 0.187 e. The van der Waals surface area contributed by atoms with Crippen molar-refractivity contribution in [2.24, 2.45) is 0 Å². The Kier molecular flexibility index (Phi) is 7.74. The van der Waals surface area contributed by atoms with Gasteiger partial charge >= 0.3 is 0 Å². The summed E-state index contributed by atoms with van der Waals surface area (Å²) in [5.74, 6) is 0. The number of fused-ring (bicyclic) bond motifs is 8. The predicted molar refractivity (Wildman–Crippen MR) is 241 cm³/mol. The maximum Gasteiger partial charge on any atom is 0.187 e. The van der Waals surface area contributed by atoms with Gasteiger partial charge in [0, 0.05) is 32.9 Å². The second-order valence-electron chi connectivity index (χ2n) is 14.4. The molecule has 0 saturated heterocycles. The van der Waals surface area contributed by atoms with E-state index in [0.717, 1.165) is 33.5 Å². The second kappa shape index (κ2) is 13.4. The number of benzene rings is 8. The quantitative estimate of drug-likeness (QED) is 0.130. The SMILES string of the molecule is [C-]#[N+]c1ccc2sc3ccc(-c4ccc(-c5cc6c7ccccc7c(-c7cc(-c8ccccn8)cc(-c8ccccn8)c7)cc6c6ccccc56)cc4)cc3c2c1. The van der Waals surface area contributed by atoms with Crippen molar-refractivity contribution in [3.8, 4) is 55.9 Å². The van der Waals surface area contributed by atoms with E-state index in [0.29, 0.717) is 5.69 Å². The lowest BCUT2D eigenvalue weighted by Gasteiger charge is -2.17. The lowest BCUT2D eigenvalue weighted by molar-refractivity contribution is 1.31. The third kappa shape index (κ3) is 5.64. The maximum absolute atomic E-state index is 7.52. The molecule has 0 N–H and O–H groups in total. The minimum atomic E-state index is 0.674. The highest BCUT2D eigenvalue weighted by Crippen LogP contribution is 2.44. The van der Waals surface area contributed by atoms with Crippen molar-refractivity contribution in [3.63, 3.8) is 0 Å². The summed E-state index contributed by atoms with van der Waals surface area (Å²) in [5.41, 5.74) is 11.7. The molecule has 0 saturated carbocycles. The monoisotopic (exact) mass is 741 g/mol. The molecular formula is C53H31N3S. The van der Waals surface area contributed by atoms with Crippen LogP contribution in [0.5, 0.6) is 0 Å². The van der Waals surface area contributed by atoms with Crippen LogP contribution < -0.4 is 0 Å². The number of hydrogen-bond donors (Lipinski definition) is 0. The van der Waals surface area contributed by atoms with Gasteiger partial charge in [0.1, 0.15) is 0 Å². The van der Waals surface area contributed by atoms with Crippen molar-refractivity contribution in [2.75, 3.05) is 0 Å². The fourth-order valence-electron chi connectivity index (χ4n) is 8.43. The number of aromatic nitrogens is 2. The van der Waals surface area contributed by atoms with E-state index < -0.39 is 0 Å². The molecule has 0 aliphatic heterocycles. The number of rotatable bonds is 5. The van der Waals surface area contributed by atoms with Crippen LogP contribution in [-0.4, -0.2) is 9.97 Å². The first kappa shape index (κ1) is 32.9. The molecule has 3 aromatic heterocycles. The molecule has 0 unspecified atom stereocenters. The summed E-state index contributed by atoms with van der Waals surface area (Å²) >= 11 is 1.78. The Hall–Kier alpha value is -7.45. The van der Waals surface area contributed by atoms with Crippen LogP contribution in [-0.2, 0) is 0 Å². The lowest BCUT2D eigenvalue weighted by Crippen LogP contribution is -1.92. The zero-order chi connectivity index (χ0) is 37.9. The molecule has 0 amide bonds. The second-order valence-corrected chi connectivity index (χ2v) is 15.5. The summed E-state index contributed by atoms with van der Waals surface area (Å²) in [6, 6.07) is 62.9. The molecule has 0 radical (unpaired) electrons. The predicted octanol–water partition coefficient (Wildman–Crippen LogP) is 15.2. The van der Waals surface area contributed by atoms with Crippen LogP contribution in [0.2, 0.25) is 0 Å². The molecule has 0 fully saturated rings. The van der Waals surface area contributed by atoms with Crippen LogP contribution in [0.1, 0.15) is 0 Å². The Morgan fingerprint density at radius 1 is 0.351 bits per heavy atom. The van der Waals surface area contributed by atoms with E-state index in [1.807, 2.05) is 48.8 Å². The number of pyridine rings is 2. The van der Waals surface area contributed by atoms with Gasteiger partial charge in [-0.05, 0) is 149 Å². The van der Waals surface area contributed by atoms with E-state index in [4.69, 9.17) is 16.5 Å². The summed E-state index contributed by atoms with van der Waals surface area (Å²) in [5, 5.41) is 9.66. The van der Waals surface area contributed by atoms with E-state index in [9.17, 15) is 0 Å². The molecule has 3 nitrogen and oxygen atoms in total. The first-order valence-corrected chi connectivity index (χ1v) is 19.8. The minimum absolute atomic E-state index is 0.674. The van der Waals surface area contributed by atoms with E-state index >= 15 is 0 Å². The van der Waals surface area contributed by atoms with Gasteiger partial charge < -0.3 is 0 Å². The van der Waals surface area contributed by atoms with Gasteiger partial charge in [-0.3, -0.25) is 9.97 Å². The first-order chi connectivity index (χ1) is 28.2. The van der Waals surface area contributed by atoms with E-state index in [1.54, 1.807) is 11.3 Å². The zero-order valence-electron chi connectivity index (χ0n) is 30.6. The van der Waals surface area contributed by atoms with Gasteiger partial charge in [0.2, 0.25) is 0 Å². The van der Waals surface area contributed by atoms with Crippen LogP contribution >= 0.6 is 11.3 Å². The molecular weight excluding hydrogens is 711 g/mol. The lowest BCUT2D eigenvalue weighted by atomic mass is 9.86. The molecule has 8 aromatic carbocycles. The average Bonchev–Trinajstić information content (AvgIpc) is 3.66. The first-order valence-electron chi connectivity index (χ1n) is 19.0. The fourth-order valence-corrected chi connectivity index (χ4v) is 9.50. The van der Waals surface area contributed by atoms with Gasteiger partial charge in [-0.2, -0.15) is 0 Å². The average molecular weight is 742 g/mol. The summed E-state index contributed by atoms with van der Waals surface area (Å²) in [6.45, 7) is 7.52. The topological polar surface area (TPSA) is 30.1 Å². The molecule has 264 valence electrons. The molecule has 0 aliphatic rings. The van der Waals surface area contributed by atoms with Crippen molar-refractivity contribution in [2.45, 2.75) is 0 Å². The van der Waals surface area contributed by atoms with Gasteiger partial charge in [-0.1, -0.05) is 103 Å². The third-order valence-corrected chi connectivity index (χ3v) is 12.3. The highest BCUT2D eigenvalue weighted by Gasteiger charge is 2.17. The van der Waals surface area contributed by atoms with Gasteiger partial charge in [-0.25, -0.2) is 4.85 Å². The Labute approximate surface area is 333 Å². The van der Waals surface area contributed by atoms with E-state index in [1.165, 1.54) is 74.9 Å². The van der Waals surface area contributed by atoms with Crippen molar-refractivity contribution < 1.29 is 0 Å². The Morgan fingerprint density at radius 3 is 1.42 bits per heavy atom. The van der Waals surface area contributed by atoms with Crippen molar-refractivity contribution in [1.82, 2.24) is 9.97 Å². The van der Waals surface area contributed by atoms with Crippen LogP contribution in [0.4, 0.5) is 5.69 Å². The zero-order valence-corrected chi connectivity index (χ0v) is 31.5. The standard InChI is InChI=1S/C53H31N3S/c1-54-39-21-23-53-49(30-39)48-29-35(20-22-52(48)57-53)33-16-18-34(19-17-33)44-31-46-43-13-5-3-11-41(43)45(32-47(46)42-12-4-2-10-40(42)44)36-26-37(50-14-6-8-24-55-50)28-38(27-36)51-15-7-9-25-56-51/h2-32H. The van der Waals surface area contributed by atoms with Crippen molar-refractivity contribution in [1.29, 1.82) is 0 Å². The summed E-state index contributed by atoms with van der Waals surface area (Å²) in [7, 11) is 0. The van der Waals surface area contributed by atoms with Gasteiger partial charge in [0.25, 0.3) is 0 Å². The molecule has 0 bridgehead atoms. The molecule has 0 spiro atoms. The van der Waals surface area contributed by atoms with E-state index in [-0.39, 0.29) is 0 Å². The minimum Gasteiger partial charge on any atom is -0.256 e. The maximum atomic E-state index is 7.52. The molecule has 4 heteroatoms. The van der Waals surface area contributed by atoms with Crippen LogP contribution in [0.25, 0.3) is 113 Å². The largest absolute Gasteiger partial charge is 0.256 e. The van der Waals surface area contributed by atoms with Gasteiger partial charge in [-0.15, -0.1) is 11.3 Å². The molecule has 11 rings (SSSR count). The van der Waals surface area contributed by atoms with E-state index in [2.05, 4.69) is 144 Å². The number of nitrogens with zero attached hydrogens (tertiary/aromatic N) is 3. The molecule has 11 aromatic rings. The number of hydrogen-bond acceptors (Lipinski definition) is 3. The fraction of sp³-hybridized carbons (Fsp3) is 0. The highest BCUT2D eigenvalue weighted by molar-refractivity contribution is 7.25.